The average Bonchev–Trinajstić information content (AvgIpc) is 3.42. The van der Waals surface area contributed by atoms with E-state index in [1.165, 1.54) is 41.1 Å². The Bertz CT molecular complexity index is 1250. The van der Waals surface area contributed by atoms with E-state index >= 15 is 0 Å². The van der Waals surface area contributed by atoms with Gasteiger partial charge in [0.15, 0.2) is 0 Å². The van der Waals surface area contributed by atoms with Crippen molar-refractivity contribution in [2.75, 3.05) is 0 Å². The normalized spacial score (nSPS) is 11.5. The Morgan fingerprint density at radius 3 is 1.65 bits per heavy atom. The first-order valence-electron chi connectivity index (χ1n) is 13.4. The molecule has 37 heavy (non-hydrogen) atoms. The largest absolute Gasteiger partial charge is 0.347 e. The molecule has 0 fully saturated rings. The molecule has 5 aromatic rings. The van der Waals surface area contributed by atoms with Crippen LogP contribution >= 0.6 is 0 Å². The first-order chi connectivity index (χ1) is 18.4. The summed E-state index contributed by atoms with van der Waals surface area (Å²) in [6, 6.07) is 44.8. The predicted octanol–water partition coefficient (Wildman–Crippen LogP) is 6.16. The van der Waals surface area contributed by atoms with E-state index in [9.17, 15) is 0 Å². The Balaban J connectivity index is 1.20. The third-order valence-corrected chi connectivity index (χ3v) is 8.97. The van der Waals surface area contributed by atoms with Crippen molar-refractivity contribution in [3.05, 3.63) is 156 Å². The third kappa shape index (κ3) is 6.78. The molecule has 0 atom stereocenters. The van der Waals surface area contributed by atoms with Crippen LogP contribution in [0.2, 0.25) is 6.04 Å². The summed E-state index contributed by atoms with van der Waals surface area (Å²) in [5, 5.41) is 0. The van der Waals surface area contributed by atoms with Crippen LogP contribution < -0.4 is 5.72 Å². The van der Waals surface area contributed by atoms with Crippen LogP contribution in [-0.4, -0.2) is 26.4 Å². The number of aromatic nitrogens is 2. The lowest BCUT2D eigenvalue weighted by atomic mass is 9.58. The summed E-state index contributed by atoms with van der Waals surface area (Å²) >= 11 is 0. The predicted molar refractivity (Wildman–Crippen MR) is 160 cm³/mol. The van der Waals surface area contributed by atoms with Gasteiger partial charge in [-0.05, 0) is 34.5 Å². The molecule has 1 heterocycles. The van der Waals surface area contributed by atoms with Crippen molar-refractivity contribution >= 4 is 22.5 Å². The van der Waals surface area contributed by atoms with Crippen molar-refractivity contribution in [2.45, 2.75) is 36.8 Å². The molecule has 0 amide bonds. The summed E-state index contributed by atoms with van der Waals surface area (Å²) in [7, 11) is 2.10. The topological polar surface area (TPSA) is 17.8 Å². The summed E-state index contributed by atoms with van der Waals surface area (Å²) in [4.78, 5) is 4.74. The lowest BCUT2D eigenvalue weighted by Crippen LogP contribution is -2.32. The van der Waals surface area contributed by atoms with Gasteiger partial charge in [0.05, 0.1) is 5.72 Å². The Hall–Kier alpha value is -3.63. The molecule has 5 rings (SSSR count). The highest BCUT2D eigenvalue weighted by atomic mass is 28.2. The molecule has 0 aliphatic rings. The molecule has 0 spiro atoms. The summed E-state index contributed by atoms with van der Waals surface area (Å²) in [6.07, 6.45) is 7.71. The highest BCUT2D eigenvalue weighted by Gasteiger charge is 2.19. The van der Waals surface area contributed by atoms with E-state index in [0.29, 0.717) is 5.92 Å². The zero-order valence-electron chi connectivity index (χ0n) is 21.4. The zero-order chi connectivity index (χ0) is 25.1. The molecule has 4 aromatic carbocycles. The second-order valence-electron chi connectivity index (χ2n) is 9.67. The molecular weight excluding hydrogens is 463 g/mol. The van der Waals surface area contributed by atoms with E-state index in [1.807, 2.05) is 6.20 Å². The van der Waals surface area contributed by atoms with Crippen molar-refractivity contribution in [1.29, 1.82) is 0 Å². The highest BCUT2D eigenvalue weighted by Crippen LogP contribution is 2.29. The van der Waals surface area contributed by atoms with E-state index in [-0.39, 0.29) is 15.3 Å². The van der Waals surface area contributed by atoms with Crippen LogP contribution in [-0.2, 0) is 6.17 Å². The number of nitrogens with zero attached hydrogens (tertiary/aromatic N) is 2. The van der Waals surface area contributed by atoms with E-state index in [1.54, 1.807) is 0 Å². The van der Waals surface area contributed by atoms with E-state index in [2.05, 4.69) is 139 Å². The minimum atomic E-state index is -0.238. The zero-order valence-corrected chi connectivity index (χ0v) is 22.8. The molecule has 0 aliphatic carbocycles. The molecule has 0 bridgehead atoms. The van der Waals surface area contributed by atoms with Gasteiger partial charge < -0.3 is 4.57 Å². The van der Waals surface area contributed by atoms with Gasteiger partial charge in [0.1, 0.15) is 0 Å². The molecule has 0 saturated heterocycles. The van der Waals surface area contributed by atoms with Crippen LogP contribution in [0.15, 0.2) is 134 Å². The minimum absolute atomic E-state index is 0.197. The fourth-order valence-corrected chi connectivity index (χ4v) is 6.81. The van der Waals surface area contributed by atoms with Gasteiger partial charge in [0.25, 0.3) is 0 Å². The summed E-state index contributed by atoms with van der Waals surface area (Å²) in [5.74, 6) is 0.675. The Kier molecular flexibility index (Phi) is 8.85. The van der Waals surface area contributed by atoms with Gasteiger partial charge in [-0.15, -0.1) is 0 Å². The lowest BCUT2D eigenvalue weighted by molar-refractivity contribution is 0.694. The quantitative estimate of drug-likeness (QED) is 0.149. The van der Waals surface area contributed by atoms with Crippen LogP contribution in [0.4, 0.5) is 0 Å². The van der Waals surface area contributed by atoms with E-state index < -0.39 is 0 Å². The summed E-state index contributed by atoms with van der Waals surface area (Å²) in [5.41, 5.74) is 6.53. The summed E-state index contributed by atoms with van der Waals surface area (Å²) in [6.45, 7) is 0. The average molecular weight is 498 g/mol. The monoisotopic (exact) mass is 497 g/mol. The van der Waals surface area contributed by atoms with Crippen LogP contribution in [0.1, 0.15) is 46.8 Å². The van der Waals surface area contributed by atoms with Gasteiger partial charge in [0.2, 0.25) is 7.28 Å². The smallest absolute Gasteiger partial charge is 0.215 e. The van der Waals surface area contributed by atoms with Gasteiger partial charge in [-0.1, -0.05) is 134 Å². The maximum absolute atomic E-state index is 4.74. The lowest BCUT2D eigenvalue weighted by Gasteiger charge is -2.19. The van der Waals surface area contributed by atoms with E-state index in [0.717, 1.165) is 11.9 Å². The first kappa shape index (κ1) is 25.0. The number of hydrogen-bond donors (Lipinski definition) is 0. The molecule has 183 valence electrons. The fraction of sp³-hybridized carbons (Fsp3) is 0.182. The third-order valence-electron chi connectivity index (χ3n) is 7.18. The highest BCUT2D eigenvalue weighted by molar-refractivity contribution is 6.54. The fourth-order valence-electron chi connectivity index (χ4n) is 5.23. The van der Waals surface area contributed by atoms with Crippen molar-refractivity contribution in [3.63, 3.8) is 0 Å². The minimum Gasteiger partial charge on any atom is -0.347 e. The van der Waals surface area contributed by atoms with Crippen molar-refractivity contribution < 1.29 is 0 Å². The molecule has 4 heteroatoms. The number of hydrogen-bond acceptors (Lipinski definition) is 1. The first-order valence-corrected chi connectivity index (χ1v) is 15.4. The standard InChI is InChI=1S/C33H34BN2Si/c1-5-14-27(15-6-1)31(28-16-7-2-8-17-28)22-13-25-37-26-36-24-23-35-33(36)34-32(29-18-9-3-10-19-29)30-20-11-4-12-21-30/h1-12,14-21,23-24,31-32H,13,22,25-26,37H2. The van der Waals surface area contributed by atoms with Crippen LogP contribution in [0.25, 0.3) is 0 Å². The van der Waals surface area contributed by atoms with Gasteiger partial charge in [-0.3, -0.25) is 4.98 Å². The molecule has 0 aliphatic heterocycles. The number of benzene rings is 4. The summed E-state index contributed by atoms with van der Waals surface area (Å²) < 4.78 is 2.37. The molecular formula is C33H34BN2Si. The maximum Gasteiger partial charge on any atom is 0.215 e. The molecule has 1 aromatic heterocycles. The van der Waals surface area contributed by atoms with Crippen molar-refractivity contribution in [3.8, 4) is 0 Å². The van der Waals surface area contributed by atoms with Gasteiger partial charge in [-0.2, -0.15) is 0 Å². The van der Waals surface area contributed by atoms with Crippen LogP contribution in [0.5, 0.6) is 0 Å². The second-order valence-corrected chi connectivity index (χ2v) is 11.5. The van der Waals surface area contributed by atoms with Crippen molar-refractivity contribution in [2.24, 2.45) is 0 Å². The van der Waals surface area contributed by atoms with Crippen molar-refractivity contribution in [1.82, 2.24) is 9.55 Å². The molecule has 1 radical (unpaired) electrons. The van der Waals surface area contributed by atoms with Crippen LogP contribution in [0.3, 0.4) is 0 Å². The Morgan fingerprint density at radius 2 is 1.14 bits per heavy atom. The van der Waals surface area contributed by atoms with Crippen LogP contribution in [0, 0.1) is 0 Å². The molecule has 2 nitrogen and oxygen atoms in total. The second kappa shape index (κ2) is 13.1. The SMILES string of the molecule is [B](c1nccn1C[SiH2]CCCC(c1ccccc1)c1ccccc1)C(c1ccccc1)c1ccccc1. The maximum atomic E-state index is 4.74. The molecule has 0 N–H and O–H groups in total. The number of imidazole rings is 1. The van der Waals surface area contributed by atoms with E-state index in [4.69, 9.17) is 4.98 Å². The number of rotatable bonds is 12. The van der Waals surface area contributed by atoms with Gasteiger partial charge >= 0.3 is 0 Å². The molecule has 0 saturated carbocycles. The Morgan fingerprint density at radius 1 is 0.649 bits per heavy atom. The Labute approximate surface area is 224 Å². The van der Waals surface area contributed by atoms with Gasteiger partial charge in [0, 0.05) is 34.0 Å². The molecule has 0 unspecified atom stereocenters. The van der Waals surface area contributed by atoms with Gasteiger partial charge in [-0.25, -0.2) is 0 Å².